The van der Waals surface area contributed by atoms with E-state index in [1.54, 1.807) is 30.3 Å². The fourth-order valence-corrected chi connectivity index (χ4v) is 4.21. The molecule has 0 N–H and O–H groups in total. The summed E-state index contributed by atoms with van der Waals surface area (Å²) in [4.78, 5) is 0. The first-order chi connectivity index (χ1) is 15.8. The third-order valence-electron chi connectivity index (χ3n) is 5.55. The summed E-state index contributed by atoms with van der Waals surface area (Å²) in [6, 6.07) is 12.9. The first kappa shape index (κ1) is 21.0. The fourth-order valence-electron chi connectivity index (χ4n) is 4.21. The Labute approximate surface area is 182 Å². The van der Waals surface area contributed by atoms with Gasteiger partial charge in [-0.2, -0.15) is 0 Å². The third kappa shape index (κ3) is 3.15. The summed E-state index contributed by atoms with van der Waals surface area (Å²) < 4.78 is 103. The molecule has 0 saturated carbocycles. The zero-order valence-electron chi connectivity index (χ0n) is 16.5. The normalized spacial score (nSPS) is 11.5. The van der Waals surface area contributed by atoms with Gasteiger partial charge in [0.2, 0.25) is 0 Å². The molecule has 0 aliphatic heterocycles. The van der Waals surface area contributed by atoms with Gasteiger partial charge < -0.3 is 0 Å². The number of halogens is 7. The van der Waals surface area contributed by atoms with Gasteiger partial charge in [-0.3, -0.25) is 0 Å². The molecule has 0 unspecified atom stereocenters. The van der Waals surface area contributed by atoms with Crippen molar-refractivity contribution in [3.8, 4) is 22.3 Å². The lowest BCUT2D eigenvalue weighted by Gasteiger charge is -2.19. The number of hydrogen-bond donors (Lipinski definition) is 0. The second kappa shape index (κ2) is 7.62. The number of benzene rings is 5. The minimum atomic E-state index is -1.81. The first-order valence-electron chi connectivity index (χ1n) is 9.71. The average molecular weight is 456 g/mol. The van der Waals surface area contributed by atoms with Crippen LogP contribution in [0.2, 0.25) is 0 Å². The minimum absolute atomic E-state index is 0.00834. The zero-order chi connectivity index (χ0) is 23.4. The smallest absolute Gasteiger partial charge is 0.169 e. The van der Waals surface area contributed by atoms with E-state index in [1.807, 2.05) is 0 Å². The molecule has 5 aromatic carbocycles. The van der Waals surface area contributed by atoms with Gasteiger partial charge in [-0.15, -0.1) is 0 Å². The molecule has 0 atom stereocenters. The molecule has 33 heavy (non-hydrogen) atoms. The maximum Gasteiger partial charge on any atom is 0.169 e. The maximum absolute atomic E-state index is 15.2. The molecule has 7 heteroatoms. The molecule has 164 valence electrons. The SMILES string of the molecule is Fc1ccc2c(-c3ccccc3)c3c(F)ccc(F)c3c(-c3c(F)c(F)cc(F)c3F)c2c1. The molecule has 0 radical (unpaired) electrons. The lowest BCUT2D eigenvalue weighted by atomic mass is 9.85. The van der Waals surface area contributed by atoms with Gasteiger partial charge in [0.1, 0.15) is 17.5 Å². The summed E-state index contributed by atoms with van der Waals surface area (Å²) in [6.07, 6.45) is 0. The first-order valence-corrected chi connectivity index (χ1v) is 9.71. The summed E-state index contributed by atoms with van der Waals surface area (Å²) in [6.45, 7) is 0. The third-order valence-corrected chi connectivity index (χ3v) is 5.55. The highest BCUT2D eigenvalue weighted by atomic mass is 19.2. The Morgan fingerprint density at radius 2 is 1.00 bits per heavy atom. The topological polar surface area (TPSA) is 0 Å². The highest BCUT2D eigenvalue weighted by molar-refractivity contribution is 6.21. The van der Waals surface area contributed by atoms with Crippen LogP contribution in [0.3, 0.4) is 0 Å². The zero-order valence-corrected chi connectivity index (χ0v) is 16.5. The largest absolute Gasteiger partial charge is 0.207 e. The van der Waals surface area contributed by atoms with E-state index in [0.29, 0.717) is 5.56 Å². The molecule has 0 aliphatic carbocycles. The van der Waals surface area contributed by atoms with Crippen LogP contribution < -0.4 is 0 Å². The number of rotatable bonds is 2. The van der Waals surface area contributed by atoms with Crippen LogP contribution in [0.5, 0.6) is 0 Å². The molecule has 0 nitrogen and oxygen atoms in total. The Bertz CT molecular complexity index is 1550. The standard InChI is InChI=1S/C26H11F7/c27-13-6-7-14-15(10-13)21(24-25(32)18(30)11-19(31)26(24)33)23-17(29)9-8-16(28)22(23)20(14)12-4-2-1-3-5-12/h1-11H. The van der Waals surface area contributed by atoms with Crippen molar-refractivity contribution in [3.63, 3.8) is 0 Å². The van der Waals surface area contributed by atoms with Gasteiger partial charge in [0.15, 0.2) is 23.3 Å². The number of hydrogen-bond acceptors (Lipinski definition) is 0. The van der Waals surface area contributed by atoms with Crippen LogP contribution in [0.25, 0.3) is 43.8 Å². The second-order valence-electron chi connectivity index (χ2n) is 7.43. The van der Waals surface area contributed by atoms with E-state index in [4.69, 9.17) is 0 Å². The van der Waals surface area contributed by atoms with E-state index in [0.717, 1.165) is 24.3 Å². The van der Waals surface area contributed by atoms with Crippen LogP contribution >= 0.6 is 0 Å². The Hall–Kier alpha value is -3.87. The summed E-state index contributed by atoms with van der Waals surface area (Å²) in [7, 11) is 0. The molecular weight excluding hydrogens is 445 g/mol. The summed E-state index contributed by atoms with van der Waals surface area (Å²) in [5, 5.41) is -1.12. The molecule has 0 aliphatic rings. The summed E-state index contributed by atoms with van der Waals surface area (Å²) in [5.74, 6) is -9.97. The van der Waals surface area contributed by atoms with Crippen LogP contribution in [0.4, 0.5) is 30.7 Å². The molecule has 5 aromatic rings. The highest BCUT2D eigenvalue weighted by Crippen LogP contribution is 2.47. The van der Waals surface area contributed by atoms with Gasteiger partial charge in [-0.05, 0) is 40.6 Å². The van der Waals surface area contributed by atoms with Crippen molar-refractivity contribution in [1.82, 2.24) is 0 Å². The van der Waals surface area contributed by atoms with Crippen LogP contribution in [-0.2, 0) is 0 Å². The van der Waals surface area contributed by atoms with E-state index < -0.39 is 57.2 Å². The monoisotopic (exact) mass is 456 g/mol. The van der Waals surface area contributed by atoms with Crippen molar-refractivity contribution in [2.24, 2.45) is 0 Å². The number of fused-ring (bicyclic) bond motifs is 2. The van der Waals surface area contributed by atoms with Crippen LogP contribution in [0.15, 0.2) is 66.7 Å². The molecule has 0 bridgehead atoms. The molecule has 0 heterocycles. The predicted octanol–water partition coefficient (Wildman–Crippen LogP) is 8.30. The molecule has 0 saturated heterocycles. The van der Waals surface area contributed by atoms with E-state index in [2.05, 4.69) is 0 Å². The molecule has 0 aromatic heterocycles. The van der Waals surface area contributed by atoms with Gasteiger partial charge in [0, 0.05) is 28.0 Å². The van der Waals surface area contributed by atoms with Crippen LogP contribution in [0.1, 0.15) is 0 Å². The lowest BCUT2D eigenvalue weighted by Crippen LogP contribution is -2.02. The second-order valence-corrected chi connectivity index (χ2v) is 7.43. The summed E-state index contributed by atoms with van der Waals surface area (Å²) in [5.41, 5.74) is -1.39. The van der Waals surface area contributed by atoms with E-state index >= 15 is 8.78 Å². The quantitative estimate of drug-likeness (QED) is 0.142. The molecule has 0 fully saturated rings. The molecular formula is C26H11F7. The highest BCUT2D eigenvalue weighted by Gasteiger charge is 2.28. The van der Waals surface area contributed by atoms with Gasteiger partial charge in [0.25, 0.3) is 0 Å². The lowest BCUT2D eigenvalue weighted by molar-refractivity contribution is 0.458. The van der Waals surface area contributed by atoms with Crippen molar-refractivity contribution >= 4 is 21.5 Å². The Kier molecular flexibility index (Phi) is 4.85. The Morgan fingerprint density at radius 1 is 0.424 bits per heavy atom. The predicted molar refractivity (Wildman–Crippen MR) is 112 cm³/mol. The van der Waals surface area contributed by atoms with E-state index in [9.17, 15) is 22.0 Å². The fraction of sp³-hybridized carbons (Fsp3) is 0. The minimum Gasteiger partial charge on any atom is -0.207 e. The van der Waals surface area contributed by atoms with Gasteiger partial charge >= 0.3 is 0 Å². The van der Waals surface area contributed by atoms with Gasteiger partial charge in [0.05, 0.1) is 5.56 Å². The summed E-state index contributed by atoms with van der Waals surface area (Å²) >= 11 is 0. The molecule has 0 amide bonds. The van der Waals surface area contributed by atoms with Crippen molar-refractivity contribution in [2.75, 3.05) is 0 Å². The van der Waals surface area contributed by atoms with Crippen LogP contribution in [0, 0.1) is 40.7 Å². The van der Waals surface area contributed by atoms with Crippen molar-refractivity contribution in [1.29, 1.82) is 0 Å². The Balaban J connectivity index is 2.15. The Morgan fingerprint density at radius 3 is 1.61 bits per heavy atom. The maximum atomic E-state index is 15.2. The van der Waals surface area contributed by atoms with Gasteiger partial charge in [-0.1, -0.05) is 36.4 Å². The van der Waals surface area contributed by atoms with Crippen molar-refractivity contribution in [3.05, 3.63) is 107 Å². The van der Waals surface area contributed by atoms with Crippen LogP contribution in [-0.4, -0.2) is 0 Å². The van der Waals surface area contributed by atoms with E-state index in [-0.39, 0.29) is 27.8 Å². The average Bonchev–Trinajstić information content (AvgIpc) is 2.80. The molecule has 0 spiro atoms. The van der Waals surface area contributed by atoms with E-state index in [1.165, 1.54) is 6.07 Å². The van der Waals surface area contributed by atoms with Gasteiger partial charge in [-0.25, -0.2) is 30.7 Å². The van der Waals surface area contributed by atoms with Crippen molar-refractivity contribution < 1.29 is 30.7 Å². The molecule has 5 rings (SSSR count). The van der Waals surface area contributed by atoms with Crippen molar-refractivity contribution in [2.45, 2.75) is 0 Å².